The van der Waals surface area contributed by atoms with Crippen molar-refractivity contribution in [2.24, 2.45) is 0 Å². The zero-order valence-corrected chi connectivity index (χ0v) is 13.6. The van der Waals surface area contributed by atoms with Crippen molar-refractivity contribution < 1.29 is 9.47 Å². The highest BCUT2D eigenvalue weighted by atomic mass is 16.5. The maximum atomic E-state index is 5.66. The van der Waals surface area contributed by atoms with Crippen molar-refractivity contribution in [1.82, 2.24) is 9.55 Å². The van der Waals surface area contributed by atoms with Crippen LogP contribution in [0.15, 0.2) is 30.6 Å². The van der Waals surface area contributed by atoms with Gasteiger partial charge in [-0.3, -0.25) is 0 Å². The van der Waals surface area contributed by atoms with Gasteiger partial charge in [-0.1, -0.05) is 0 Å². The summed E-state index contributed by atoms with van der Waals surface area (Å²) in [5.74, 6) is 2.40. The molecule has 5 nitrogen and oxygen atoms in total. The minimum Gasteiger partial charge on any atom is -0.495 e. The quantitative estimate of drug-likeness (QED) is 0.870. The topological polar surface area (TPSA) is 39.5 Å². The van der Waals surface area contributed by atoms with E-state index >= 15 is 0 Å². The SMILES string of the molecule is COc1cc(-n2ccnc2[C@H]2CCOC2)ccc1N1CCCC1. The highest BCUT2D eigenvalue weighted by Gasteiger charge is 2.23. The van der Waals surface area contributed by atoms with Gasteiger partial charge in [-0.2, -0.15) is 0 Å². The molecule has 3 heterocycles. The molecule has 0 bridgehead atoms. The lowest BCUT2D eigenvalue weighted by Crippen LogP contribution is -2.18. The average Bonchev–Trinajstić information content (AvgIpc) is 3.35. The highest BCUT2D eigenvalue weighted by molar-refractivity contribution is 5.63. The third-order valence-corrected chi connectivity index (χ3v) is 4.85. The fourth-order valence-corrected chi connectivity index (χ4v) is 3.61. The van der Waals surface area contributed by atoms with E-state index in [0.29, 0.717) is 5.92 Å². The predicted molar refractivity (Wildman–Crippen MR) is 89.7 cm³/mol. The molecule has 0 spiro atoms. The molecule has 0 radical (unpaired) electrons. The largest absolute Gasteiger partial charge is 0.495 e. The van der Waals surface area contributed by atoms with Crippen molar-refractivity contribution in [1.29, 1.82) is 0 Å². The molecule has 2 aromatic rings. The summed E-state index contributed by atoms with van der Waals surface area (Å²) in [6.45, 7) is 3.83. The van der Waals surface area contributed by atoms with Gasteiger partial charge in [0, 0.05) is 44.1 Å². The summed E-state index contributed by atoms with van der Waals surface area (Å²) >= 11 is 0. The van der Waals surface area contributed by atoms with Crippen molar-refractivity contribution in [3.8, 4) is 11.4 Å². The Hall–Kier alpha value is -2.01. The van der Waals surface area contributed by atoms with Gasteiger partial charge in [0.05, 0.1) is 25.1 Å². The van der Waals surface area contributed by atoms with Crippen molar-refractivity contribution in [3.63, 3.8) is 0 Å². The van der Waals surface area contributed by atoms with Gasteiger partial charge < -0.3 is 18.9 Å². The summed E-state index contributed by atoms with van der Waals surface area (Å²) in [4.78, 5) is 6.97. The normalized spacial score (nSPS) is 21.1. The molecular formula is C18H23N3O2. The lowest BCUT2D eigenvalue weighted by molar-refractivity contribution is 0.193. The van der Waals surface area contributed by atoms with Gasteiger partial charge in [-0.05, 0) is 31.4 Å². The van der Waals surface area contributed by atoms with Crippen molar-refractivity contribution in [2.45, 2.75) is 25.2 Å². The van der Waals surface area contributed by atoms with Crippen LogP contribution in [0.1, 0.15) is 31.0 Å². The molecule has 5 heteroatoms. The van der Waals surface area contributed by atoms with Gasteiger partial charge in [0.1, 0.15) is 11.6 Å². The Morgan fingerprint density at radius 2 is 2.13 bits per heavy atom. The Bertz CT molecular complexity index is 671. The van der Waals surface area contributed by atoms with Crippen LogP contribution in [0.5, 0.6) is 5.75 Å². The number of methoxy groups -OCH3 is 1. The monoisotopic (exact) mass is 313 g/mol. The number of benzene rings is 1. The number of aromatic nitrogens is 2. The highest BCUT2D eigenvalue weighted by Crippen LogP contribution is 2.34. The minimum absolute atomic E-state index is 0.384. The molecule has 23 heavy (non-hydrogen) atoms. The molecule has 122 valence electrons. The molecule has 2 aliphatic heterocycles. The molecule has 1 aromatic heterocycles. The first-order valence-electron chi connectivity index (χ1n) is 8.41. The van der Waals surface area contributed by atoms with Crippen LogP contribution in [0.2, 0.25) is 0 Å². The van der Waals surface area contributed by atoms with Crippen LogP contribution in [0.4, 0.5) is 5.69 Å². The molecule has 2 aliphatic rings. The molecule has 4 rings (SSSR count). The van der Waals surface area contributed by atoms with E-state index in [0.717, 1.165) is 50.0 Å². The second kappa shape index (κ2) is 6.24. The van der Waals surface area contributed by atoms with Crippen LogP contribution >= 0.6 is 0 Å². The Balaban J connectivity index is 1.68. The van der Waals surface area contributed by atoms with E-state index in [1.807, 2.05) is 12.4 Å². The number of anilines is 1. The molecule has 2 saturated heterocycles. The van der Waals surface area contributed by atoms with Crippen LogP contribution in [-0.4, -0.2) is 43.0 Å². The van der Waals surface area contributed by atoms with E-state index in [9.17, 15) is 0 Å². The lowest BCUT2D eigenvalue weighted by Gasteiger charge is -2.21. The Kier molecular flexibility index (Phi) is 3.95. The first-order chi connectivity index (χ1) is 11.4. The van der Waals surface area contributed by atoms with E-state index in [1.165, 1.54) is 18.5 Å². The second-order valence-corrected chi connectivity index (χ2v) is 6.27. The maximum Gasteiger partial charge on any atom is 0.144 e. The summed E-state index contributed by atoms with van der Waals surface area (Å²) in [5.41, 5.74) is 2.30. The molecule has 2 fully saturated rings. The molecule has 0 aliphatic carbocycles. The van der Waals surface area contributed by atoms with Crippen LogP contribution in [-0.2, 0) is 4.74 Å². The third-order valence-electron chi connectivity index (χ3n) is 4.85. The van der Waals surface area contributed by atoms with E-state index in [-0.39, 0.29) is 0 Å². The summed E-state index contributed by atoms with van der Waals surface area (Å²) in [6, 6.07) is 6.46. The predicted octanol–water partition coefficient (Wildman–Crippen LogP) is 2.99. The lowest BCUT2D eigenvalue weighted by atomic mass is 10.1. The van der Waals surface area contributed by atoms with Crippen LogP contribution in [0, 0.1) is 0 Å². The molecule has 1 aromatic carbocycles. The second-order valence-electron chi connectivity index (χ2n) is 6.27. The van der Waals surface area contributed by atoms with E-state index in [4.69, 9.17) is 9.47 Å². The van der Waals surface area contributed by atoms with E-state index in [1.54, 1.807) is 7.11 Å². The maximum absolute atomic E-state index is 5.66. The van der Waals surface area contributed by atoms with Gasteiger partial charge in [0.15, 0.2) is 0 Å². The summed E-state index contributed by atoms with van der Waals surface area (Å²) in [7, 11) is 1.75. The number of ether oxygens (including phenoxy) is 2. The number of hydrogen-bond donors (Lipinski definition) is 0. The fourth-order valence-electron chi connectivity index (χ4n) is 3.61. The van der Waals surface area contributed by atoms with E-state index in [2.05, 4.69) is 32.7 Å². The van der Waals surface area contributed by atoms with Crippen LogP contribution < -0.4 is 9.64 Å². The molecular weight excluding hydrogens is 290 g/mol. The van der Waals surface area contributed by atoms with Gasteiger partial charge in [0.25, 0.3) is 0 Å². The minimum atomic E-state index is 0.384. The zero-order valence-electron chi connectivity index (χ0n) is 13.6. The fraction of sp³-hybridized carbons (Fsp3) is 0.500. The summed E-state index contributed by atoms with van der Waals surface area (Å²) < 4.78 is 13.3. The Morgan fingerprint density at radius 3 is 2.87 bits per heavy atom. The van der Waals surface area contributed by atoms with E-state index < -0.39 is 0 Å². The number of imidazole rings is 1. The number of nitrogens with zero attached hydrogens (tertiary/aromatic N) is 3. The van der Waals surface area contributed by atoms with Crippen LogP contribution in [0.25, 0.3) is 5.69 Å². The molecule has 0 amide bonds. The number of rotatable bonds is 4. The smallest absolute Gasteiger partial charge is 0.144 e. The van der Waals surface area contributed by atoms with Crippen molar-refractivity contribution in [3.05, 3.63) is 36.4 Å². The molecule has 0 unspecified atom stereocenters. The third kappa shape index (κ3) is 2.70. The van der Waals surface area contributed by atoms with Crippen LogP contribution in [0.3, 0.4) is 0 Å². The van der Waals surface area contributed by atoms with Gasteiger partial charge >= 0.3 is 0 Å². The Labute approximate surface area is 136 Å². The summed E-state index contributed by atoms with van der Waals surface area (Å²) in [6.07, 6.45) is 7.46. The number of hydrogen-bond acceptors (Lipinski definition) is 4. The molecule has 1 atom stereocenters. The van der Waals surface area contributed by atoms with Crippen molar-refractivity contribution >= 4 is 5.69 Å². The Morgan fingerprint density at radius 1 is 1.26 bits per heavy atom. The van der Waals surface area contributed by atoms with Gasteiger partial charge in [-0.15, -0.1) is 0 Å². The molecule has 0 saturated carbocycles. The first-order valence-corrected chi connectivity index (χ1v) is 8.41. The van der Waals surface area contributed by atoms with Gasteiger partial charge in [0.2, 0.25) is 0 Å². The molecule has 0 N–H and O–H groups in total. The summed E-state index contributed by atoms with van der Waals surface area (Å²) in [5, 5.41) is 0. The standard InChI is InChI=1S/C18H23N3O2/c1-22-17-12-15(4-5-16(17)20-8-2-3-9-20)21-10-7-19-18(21)14-6-11-23-13-14/h4-5,7,10,12,14H,2-3,6,8-9,11,13H2,1H3/t14-/m0/s1. The van der Waals surface area contributed by atoms with Crippen molar-refractivity contribution in [2.75, 3.05) is 38.3 Å². The zero-order chi connectivity index (χ0) is 15.6. The first kappa shape index (κ1) is 14.6. The van der Waals surface area contributed by atoms with Gasteiger partial charge in [-0.25, -0.2) is 4.98 Å². The average molecular weight is 313 g/mol.